The Bertz CT molecular complexity index is 322. The number of ether oxygens (including phenoxy) is 1. The number of hydrogen-bond donors (Lipinski definition) is 1. The van der Waals surface area contributed by atoms with Gasteiger partial charge in [-0.2, -0.15) is 5.10 Å². The highest BCUT2D eigenvalue weighted by atomic mass is 16.5. The molecule has 0 saturated heterocycles. The second-order valence-electron chi connectivity index (χ2n) is 3.45. The summed E-state index contributed by atoms with van der Waals surface area (Å²) in [5.74, 6) is -0.0638. The number of ketones is 1. The minimum absolute atomic E-state index is 0.0638. The van der Waals surface area contributed by atoms with Crippen LogP contribution in [-0.2, 0) is 11.8 Å². The molecule has 0 aromatic carbocycles. The Labute approximate surface area is 89.2 Å². The number of methoxy groups -OCH3 is 1. The van der Waals surface area contributed by atoms with Crippen LogP contribution in [0.25, 0.3) is 0 Å². The number of Topliss-reactive ketones (excluding diaryl/α,β-unsaturated/α-hetero) is 1. The highest BCUT2D eigenvalue weighted by Gasteiger charge is 2.17. The van der Waals surface area contributed by atoms with E-state index in [9.17, 15) is 4.79 Å². The van der Waals surface area contributed by atoms with Crippen molar-refractivity contribution in [3.63, 3.8) is 0 Å². The lowest BCUT2D eigenvalue weighted by Gasteiger charge is -2.09. The molecule has 1 rings (SSSR count). The molecule has 1 atom stereocenters. The fourth-order valence-corrected chi connectivity index (χ4v) is 1.38. The Morgan fingerprint density at radius 1 is 1.73 bits per heavy atom. The van der Waals surface area contributed by atoms with Gasteiger partial charge >= 0.3 is 0 Å². The van der Waals surface area contributed by atoms with Gasteiger partial charge in [-0.05, 0) is 18.9 Å². The number of nitrogens with zero attached hydrogens (tertiary/aromatic N) is 2. The van der Waals surface area contributed by atoms with Crippen LogP contribution in [0, 0.1) is 0 Å². The Morgan fingerprint density at radius 2 is 2.47 bits per heavy atom. The fourth-order valence-electron chi connectivity index (χ4n) is 1.38. The van der Waals surface area contributed by atoms with Gasteiger partial charge in [-0.15, -0.1) is 0 Å². The zero-order chi connectivity index (χ0) is 11.3. The van der Waals surface area contributed by atoms with Crippen LogP contribution >= 0.6 is 0 Å². The van der Waals surface area contributed by atoms with Gasteiger partial charge < -0.3 is 10.5 Å². The zero-order valence-corrected chi connectivity index (χ0v) is 9.14. The topological polar surface area (TPSA) is 70.1 Å². The maximum atomic E-state index is 11.8. The molecule has 2 N–H and O–H groups in total. The van der Waals surface area contributed by atoms with Crippen LogP contribution in [0.4, 0.5) is 0 Å². The van der Waals surface area contributed by atoms with Crippen LogP contribution in [0.5, 0.6) is 0 Å². The summed E-state index contributed by atoms with van der Waals surface area (Å²) >= 11 is 0. The van der Waals surface area contributed by atoms with Gasteiger partial charge in [0.15, 0.2) is 5.78 Å². The van der Waals surface area contributed by atoms with Gasteiger partial charge in [0.05, 0.1) is 6.04 Å². The van der Waals surface area contributed by atoms with E-state index in [0.29, 0.717) is 18.7 Å². The van der Waals surface area contributed by atoms with E-state index < -0.39 is 6.04 Å². The quantitative estimate of drug-likeness (QED) is 0.544. The monoisotopic (exact) mass is 211 g/mol. The smallest absolute Gasteiger partial charge is 0.197 e. The lowest BCUT2D eigenvalue weighted by Crippen LogP contribution is -2.32. The third-order valence-electron chi connectivity index (χ3n) is 2.27. The maximum absolute atomic E-state index is 11.8. The molecule has 5 heteroatoms. The van der Waals surface area contributed by atoms with Crippen LogP contribution in [0.3, 0.4) is 0 Å². The molecule has 0 amide bonds. The van der Waals surface area contributed by atoms with Crippen LogP contribution in [0.1, 0.15) is 23.3 Å². The Morgan fingerprint density at radius 3 is 3.00 bits per heavy atom. The van der Waals surface area contributed by atoms with Gasteiger partial charge in [0.1, 0.15) is 5.69 Å². The molecule has 0 aliphatic rings. The van der Waals surface area contributed by atoms with Gasteiger partial charge in [0.2, 0.25) is 0 Å². The molecule has 0 aliphatic heterocycles. The largest absolute Gasteiger partial charge is 0.385 e. The van der Waals surface area contributed by atoms with Crippen molar-refractivity contribution in [3.05, 3.63) is 18.0 Å². The highest BCUT2D eigenvalue weighted by Crippen LogP contribution is 2.05. The van der Waals surface area contributed by atoms with Gasteiger partial charge in [-0.25, -0.2) is 0 Å². The normalized spacial score (nSPS) is 12.7. The first-order chi connectivity index (χ1) is 7.16. The standard InChI is InChI=1S/C10H17N3O2/c1-13-9(5-6-12-13)10(14)8(11)4-3-7-15-2/h5-6,8H,3-4,7,11H2,1-2H3. The lowest BCUT2D eigenvalue weighted by atomic mass is 10.1. The number of rotatable bonds is 6. The van der Waals surface area contributed by atoms with E-state index in [4.69, 9.17) is 10.5 Å². The molecule has 5 nitrogen and oxygen atoms in total. The third kappa shape index (κ3) is 3.14. The molecular formula is C10H17N3O2. The average Bonchev–Trinajstić information content (AvgIpc) is 2.63. The van der Waals surface area contributed by atoms with Crippen molar-refractivity contribution in [1.82, 2.24) is 9.78 Å². The van der Waals surface area contributed by atoms with E-state index in [1.165, 1.54) is 0 Å². The number of carbonyl (C=O) groups is 1. The van der Waals surface area contributed by atoms with Gasteiger partial charge in [-0.1, -0.05) is 0 Å². The van der Waals surface area contributed by atoms with E-state index in [-0.39, 0.29) is 5.78 Å². The first-order valence-electron chi connectivity index (χ1n) is 4.93. The number of aryl methyl sites for hydroxylation is 1. The van der Waals surface area contributed by atoms with Crippen molar-refractivity contribution in [2.45, 2.75) is 18.9 Å². The van der Waals surface area contributed by atoms with E-state index in [2.05, 4.69) is 5.10 Å². The van der Waals surface area contributed by atoms with Crippen molar-refractivity contribution in [2.24, 2.45) is 12.8 Å². The van der Waals surface area contributed by atoms with Crippen molar-refractivity contribution < 1.29 is 9.53 Å². The first-order valence-corrected chi connectivity index (χ1v) is 4.93. The Balaban J connectivity index is 2.50. The van der Waals surface area contributed by atoms with Crippen LogP contribution in [0.2, 0.25) is 0 Å². The minimum Gasteiger partial charge on any atom is -0.385 e. The third-order valence-corrected chi connectivity index (χ3v) is 2.27. The molecule has 0 spiro atoms. The molecule has 0 bridgehead atoms. The van der Waals surface area contributed by atoms with Gasteiger partial charge in [0.25, 0.3) is 0 Å². The van der Waals surface area contributed by atoms with E-state index >= 15 is 0 Å². The molecule has 1 heterocycles. The minimum atomic E-state index is -0.462. The summed E-state index contributed by atoms with van der Waals surface area (Å²) in [6.45, 7) is 0.631. The summed E-state index contributed by atoms with van der Waals surface area (Å²) in [7, 11) is 3.36. The van der Waals surface area contributed by atoms with E-state index in [1.54, 1.807) is 31.1 Å². The predicted octanol–water partition coefficient (Wildman–Crippen LogP) is 0.357. The molecule has 0 radical (unpaired) electrons. The molecule has 1 unspecified atom stereocenters. The van der Waals surface area contributed by atoms with Crippen LogP contribution < -0.4 is 5.73 Å². The molecule has 0 aliphatic carbocycles. The molecule has 1 aromatic heterocycles. The number of nitrogens with two attached hydrogens (primary N) is 1. The summed E-state index contributed by atoms with van der Waals surface area (Å²) in [5, 5.41) is 3.93. The summed E-state index contributed by atoms with van der Waals surface area (Å²) in [6.07, 6.45) is 3.02. The predicted molar refractivity (Wildman–Crippen MR) is 56.6 cm³/mol. The summed E-state index contributed by atoms with van der Waals surface area (Å²) < 4.78 is 6.44. The highest BCUT2D eigenvalue weighted by molar-refractivity contribution is 5.98. The summed E-state index contributed by atoms with van der Waals surface area (Å²) in [4.78, 5) is 11.8. The maximum Gasteiger partial charge on any atom is 0.197 e. The first kappa shape index (κ1) is 11.9. The fraction of sp³-hybridized carbons (Fsp3) is 0.600. The summed E-state index contributed by atoms with van der Waals surface area (Å²) in [6, 6.07) is 1.22. The number of aromatic nitrogens is 2. The second-order valence-corrected chi connectivity index (χ2v) is 3.45. The number of hydrogen-bond acceptors (Lipinski definition) is 4. The van der Waals surface area contributed by atoms with Gasteiger partial charge in [-0.3, -0.25) is 9.48 Å². The van der Waals surface area contributed by atoms with E-state index in [0.717, 1.165) is 6.42 Å². The van der Waals surface area contributed by atoms with Crippen molar-refractivity contribution in [2.75, 3.05) is 13.7 Å². The summed E-state index contributed by atoms with van der Waals surface area (Å²) in [5.41, 5.74) is 6.33. The molecule has 0 fully saturated rings. The second kappa shape index (κ2) is 5.63. The number of carbonyl (C=O) groups excluding carboxylic acids is 1. The van der Waals surface area contributed by atoms with Crippen LogP contribution in [0.15, 0.2) is 12.3 Å². The zero-order valence-electron chi connectivity index (χ0n) is 9.14. The van der Waals surface area contributed by atoms with Gasteiger partial charge in [0, 0.05) is 27.0 Å². The van der Waals surface area contributed by atoms with Crippen LogP contribution in [-0.4, -0.2) is 35.3 Å². The molecule has 15 heavy (non-hydrogen) atoms. The lowest BCUT2D eigenvalue weighted by molar-refractivity contribution is 0.0941. The Kier molecular flexibility index (Phi) is 4.45. The van der Waals surface area contributed by atoms with E-state index in [1.807, 2.05) is 0 Å². The van der Waals surface area contributed by atoms with Crippen molar-refractivity contribution in [1.29, 1.82) is 0 Å². The Hall–Kier alpha value is -1.20. The molecule has 1 aromatic rings. The molecular weight excluding hydrogens is 194 g/mol. The SMILES string of the molecule is COCCCC(N)C(=O)c1ccnn1C. The van der Waals surface area contributed by atoms with Crippen molar-refractivity contribution in [3.8, 4) is 0 Å². The molecule has 0 saturated carbocycles. The average molecular weight is 211 g/mol. The van der Waals surface area contributed by atoms with Crippen molar-refractivity contribution >= 4 is 5.78 Å². The molecule has 84 valence electrons.